The average Bonchev–Trinajstić information content (AvgIpc) is 3.08. The van der Waals surface area contributed by atoms with Gasteiger partial charge >= 0.3 is 0 Å². The molecule has 1 aliphatic heterocycles. The van der Waals surface area contributed by atoms with Gasteiger partial charge in [-0.25, -0.2) is 0 Å². The number of nitrogens with one attached hydrogen (secondary N) is 1. The van der Waals surface area contributed by atoms with Crippen LogP contribution in [0.15, 0.2) is 0 Å². The number of piperidine rings is 1. The van der Waals surface area contributed by atoms with Gasteiger partial charge < -0.3 is 10.4 Å². The maximum Gasteiger partial charge on any atom is 0.0434 e. The second-order valence-corrected chi connectivity index (χ2v) is 7.05. The molecule has 3 heteroatoms. The first kappa shape index (κ1) is 13.8. The number of aliphatic hydroxyl groups is 1. The zero-order valence-electron chi connectivity index (χ0n) is 12.2. The van der Waals surface area contributed by atoms with Crippen LogP contribution >= 0.6 is 0 Å². The molecule has 2 saturated carbocycles. The smallest absolute Gasteiger partial charge is 0.0434 e. The normalized spacial score (nSPS) is 33.9. The van der Waals surface area contributed by atoms with E-state index < -0.39 is 0 Å². The predicted octanol–water partition coefficient (Wildman–Crippen LogP) is 2.00. The summed E-state index contributed by atoms with van der Waals surface area (Å²) in [6.07, 6.45) is 10.8. The Labute approximate surface area is 117 Å². The summed E-state index contributed by atoms with van der Waals surface area (Å²) in [6.45, 7) is 4.07. The van der Waals surface area contributed by atoms with Gasteiger partial charge in [0.25, 0.3) is 0 Å². The minimum atomic E-state index is 0.360. The van der Waals surface area contributed by atoms with E-state index in [1.165, 1.54) is 64.6 Å². The van der Waals surface area contributed by atoms with Crippen molar-refractivity contribution >= 4 is 0 Å². The fourth-order valence-corrected chi connectivity index (χ4v) is 4.00. The second kappa shape index (κ2) is 6.55. The van der Waals surface area contributed by atoms with E-state index in [0.717, 1.165) is 18.4 Å². The molecule has 1 heterocycles. The van der Waals surface area contributed by atoms with Gasteiger partial charge in [-0.3, -0.25) is 4.90 Å². The first-order valence-corrected chi connectivity index (χ1v) is 8.43. The van der Waals surface area contributed by atoms with E-state index in [-0.39, 0.29) is 0 Å². The van der Waals surface area contributed by atoms with Crippen molar-refractivity contribution in [3.8, 4) is 0 Å². The van der Waals surface area contributed by atoms with Gasteiger partial charge in [-0.15, -0.1) is 0 Å². The Balaban J connectivity index is 1.53. The van der Waals surface area contributed by atoms with Crippen LogP contribution in [-0.2, 0) is 0 Å². The van der Waals surface area contributed by atoms with E-state index in [2.05, 4.69) is 10.2 Å². The van der Waals surface area contributed by atoms with E-state index in [4.69, 9.17) is 0 Å². The maximum atomic E-state index is 9.25. The third kappa shape index (κ3) is 3.93. The molecular formula is C16H30N2O. The molecule has 0 spiro atoms. The lowest BCUT2D eigenvalue weighted by Gasteiger charge is -2.41. The van der Waals surface area contributed by atoms with E-state index in [1.54, 1.807) is 0 Å². The molecule has 3 rings (SSSR count). The van der Waals surface area contributed by atoms with Gasteiger partial charge in [0.05, 0.1) is 0 Å². The Hall–Kier alpha value is -0.120. The number of hydrogen-bond acceptors (Lipinski definition) is 3. The van der Waals surface area contributed by atoms with Crippen LogP contribution in [0.2, 0.25) is 0 Å². The highest BCUT2D eigenvalue weighted by Crippen LogP contribution is 2.31. The summed E-state index contributed by atoms with van der Waals surface area (Å²) in [4.78, 5) is 2.74. The highest BCUT2D eigenvalue weighted by Gasteiger charge is 2.33. The molecule has 0 aromatic heterocycles. The Morgan fingerprint density at radius 1 is 1.00 bits per heavy atom. The molecule has 2 N–H and O–H groups in total. The molecule has 3 aliphatic rings. The summed E-state index contributed by atoms with van der Waals surface area (Å²) < 4.78 is 0. The number of rotatable bonds is 6. The first-order chi connectivity index (χ1) is 9.35. The molecule has 0 bridgehead atoms. The number of nitrogens with zero attached hydrogens (tertiary/aromatic N) is 1. The van der Waals surface area contributed by atoms with Gasteiger partial charge in [-0.1, -0.05) is 12.8 Å². The third-order valence-electron chi connectivity index (χ3n) is 5.34. The van der Waals surface area contributed by atoms with Crippen LogP contribution in [0.1, 0.15) is 51.4 Å². The minimum absolute atomic E-state index is 0.360. The Kier molecular flexibility index (Phi) is 4.78. The van der Waals surface area contributed by atoms with Crippen molar-refractivity contribution in [1.29, 1.82) is 0 Å². The van der Waals surface area contributed by atoms with Crippen LogP contribution in [0.25, 0.3) is 0 Å². The summed E-state index contributed by atoms with van der Waals surface area (Å²) in [7, 11) is 0. The quantitative estimate of drug-likeness (QED) is 0.772. The van der Waals surface area contributed by atoms with E-state index in [1.807, 2.05) is 0 Å². The SMILES string of the molecule is OCCC1CC(NCC2CC2)CN(C2CCCC2)C1. The van der Waals surface area contributed by atoms with Crippen LogP contribution < -0.4 is 5.32 Å². The van der Waals surface area contributed by atoms with Crippen LogP contribution in [-0.4, -0.2) is 48.3 Å². The second-order valence-electron chi connectivity index (χ2n) is 7.05. The topological polar surface area (TPSA) is 35.5 Å². The fraction of sp³-hybridized carbons (Fsp3) is 1.00. The summed E-state index contributed by atoms with van der Waals surface area (Å²) in [5, 5.41) is 13.0. The van der Waals surface area contributed by atoms with Crippen LogP contribution in [0, 0.1) is 11.8 Å². The highest BCUT2D eigenvalue weighted by atomic mass is 16.3. The molecule has 110 valence electrons. The Morgan fingerprint density at radius 2 is 1.79 bits per heavy atom. The molecule has 2 unspecified atom stereocenters. The molecule has 0 aromatic carbocycles. The summed E-state index contributed by atoms with van der Waals surface area (Å²) in [6, 6.07) is 1.51. The van der Waals surface area contributed by atoms with Gasteiger partial charge in [-0.05, 0) is 56.9 Å². The zero-order valence-corrected chi connectivity index (χ0v) is 12.2. The summed E-state index contributed by atoms with van der Waals surface area (Å²) in [5.41, 5.74) is 0. The number of hydrogen-bond donors (Lipinski definition) is 2. The summed E-state index contributed by atoms with van der Waals surface area (Å²) >= 11 is 0. The molecule has 0 aromatic rings. The van der Waals surface area contributed by atoms with Crippen molar-refractivity contribution in [2.45, 2.75) is 63.5 Å². The average molecular weight is 266 g/mol. The van der Waals surface area contributed by atoms with Crippen molar-refractivity contribution in [3.05, 3.63) is 0 Å². The van der Waals surface area contributed by atoms with Gasteiger partial charge in [0.1, 0.15) is 0 Å². The molecular weight excluding hydrogens is 236 g/mol. The van der Waals surface area contributed by atoms with E-state index in [0.29, 0.717) is 18.6 Å². The molecule has 3 fully saturated rings. The molecule has 19 heavy (non-hydrogen) atoms. The van der Waals surface area contributed by atoms with Crippen molar-refractivity contribution in [2.75, 3.05) is 26.2 Å². The van der Waals surface area contributed by atoms with Crippen LogP contribution in [0.5, 0.6) is 0 Å². The van der Waals surface area contributed by atoms with Gasteiger partial charge in [0, 0.05) is 31.8 Å². The maximum absolute atomic E-state index is 9.25. The van der Waals surface area contributed by atoms with Crippen molar-refractivity contribution in [3.63, 3.8) is 0 Å². The highest BCUT2D eigenvalue weighted by molar-refractivity contribution is 4.89. The monoisotopic (exact) mass is 266 g/mol. The Bertz CT molecular complexity index is 274. The molecule has 2 aliphatic carbocycles. The van der Waals surface area contributed by atoms with Gasteiger partial charge in [0.2, 0.25) is 0 Å². The van der Waals surface area contributed by atoms with Crippen molar-refractivity contribution < 1.29 is 5.11 Å². The first-order valence-electron chi connectivity index (χ1n) is 8.43. The third-order valence-corrected chi connectivity index (χ3v) is 5.34. The molecule has 2 atom stereocenters. The van der Waals surface area contributed by atoms with E-state index in [9.17, 15) is 5.11 Å². The Morgan fingerprint density at radius 3 is 2.47 bits per heavy atom. The number of aliphatic hydroxyl groups excluding tert-OH is 1. The van der Waals surface area contributed by atoms with Crippen LogP contribution in [0.3, 0.4) is 0 Å². The largest absolute Gasteiger partial charge is 0.396 e. The zero-order chi connectivity index (χ0) is 13.1. The predicted molar refractivity (Wildman–Crippen MR) is 78.2 cm³/mol. The summed E-state index contributed by atoms with van der Waals surface area (Å²) in [5.74, 6) is 1.68. The lowest BCUT2D eigenvalue weighted by Crippen LogP contribution is -2.52. The van der Waals surface area contributed by atoms with Gasteiger partial charge in [-0.2, -0.15) is 0 Å². The van der Waals surface area contributed by atoms with E-state index >= 15 is 0 Å². The molecule has 3 nitrogen and oxygen atoms in total. The molecule has 0 amide bonds. The molecule has 0 radical (unpaired) electrons. The van der Waals surface area contributed by atoms with Gasteiger partial charge in [0.15, 0.2) is 0 Å². The lowest BCUT2D eigenvalue weighted by molar-refractivity contribution is 0.0859. The fourth-order valence-electron chi connectivity index (χ4n) is 4.00. The van der Waals surface area contributed by atoms with Crippen molar-refractivity contribution in [2.24, 2.45) is 11.8 Å². The van der Waals surface area contributed by atoms with Crippen LogP contribution in [0.4, 0.5) is 0 Å². The van der Waals surface area contributed by atoms with Crippen molar-refractivity contribution in [1.82, 2.24) is 10.2 Å². The standard InChI is InChI=1S/C16H30N2O/c19-8-7-14-9-15(17-10-13-5-6-13)12-18(11-14)16-3-1-2-4-16/h13-17,19H,1-12H2. The number of likely N-dealkylation sites (tertiary alicyclic amines) is 1. The lowest BCUT2D eigenvalue weighted by atomic mass is 9.90. The molecule has 1 saturated heterocycles. The minimum Gasteiger partial charge on any atom is -0.396 e.